The second kappa shape index (κ2) is 9.65. The molecule has 35 heavy (non-hydrogen) atoms. The SMILES string of the molecule is Cc1nccc2oc(C(=O)Nc3ccc(Cl)cn3)c(NC(=O)C3CCC(N4CCCC4=O)CC3)c12. The van der Waals surface area contributed by atoms with Gasteiger partial charge in [0.2, 0.25) is 17.6 Å². The summed E-state index contributed by atoms with van der Waals surface area (Å²) in [6.07, 6.45) is 7.52. The number of halogens is 1. The highest BCUT2D eigenvalue weighted by Crippen LogP contribution is 2.35. The smallest absolute Gasteiger partial charge is 0.294 e. The maximum absolute atomic E-state index is 13.3. The van der Waals surface area contributed by atoms with Gasteiger partial charge in [0.25, 0.3) is 5.91 Å². The third-order valence-electron chi connectivity index (χ3n) is 6.83. The fourth-order valence-electron chi connectivity index (χ4n) is 5.04. The molecular weight excluding hydrogens is 470 g/mol. The number of likely N-dealkylation sites (tertiary alicyclic amines) is 1. The average Bonchev–Trinajstić information content (AvgIpc) is 3.45. The molecule has 182 valence electrons. The fourth-order valence-corrected chi connectivity index (χ4v) is 5.15. The van der Waals surface area contributed by atoms with E-state index in [-0.39, 0.29) is 29.5 Å². The molecule has 2 fully saturated rings. The lowest BCUT2D eigenvalue weighted by Gasteiger charge is -2.34. The summed E-state index contributed by atoms with van der Waals surface area (Å²) in [4.78, 5) is 48.8. The molecule has 9 nitrogen and oxygen atoms in total. The Morgan fingerprint density at radius 2 is 1.91 bits per heavy atom. The molecule has 2 N–H and O–H groups in total. The topological polar surface area (TPSA) is 117 Å². The summed E-state index contributed by atoms with van der Waals surface area (Å²) in [5.41, 5.74) is 1.40. The summed E-state index contributed by atoms with van der Waals surface area (Å²) in [7, 11) is 0. The minimum Gasteiger partial charge on any atom is -0.448 e. The van der Waals surface area contributed by atoms with Gasteiger partial charge in [0.05, 0.1) is 16.1 Å². The van der Waals surface area contributed by atoms with E-state index in [4.69, 9.17) is 16.0 Å². The number of fused-ring (bicyclic) bond motifs is 1. The van der Waals surface area contributed by atoms with E-state index in [9.17, 15) is 14.4 Å². The van der Waals surface area contributed by atoms with E-state index in [1.807, 2.05) is 4.90 Å². The number of nitrogens with zero attached hydrogens (tertiary/aromatic N) is 3. The number of nitrogens with one attached hydrogen (secondary N) is 2. The number of aromatic nitrogens is 2. The van der Waals surface area contributed by atoms with Crippen molar-refractivity contribution in [3.05, 3.63) is 47.1 Å². The van der Waals surface area contributed by atoms with Crippen LogP contribution in [-0.4, -0.2) is 45.2 Å². The number of hydrogen-bond acceptors (Lipinski definition) is 6. The minimum absolute atomic E-state index is 0.0162. The van der Waals surface area contributed by atoms with Crippen LogP contribution < -0.4 is 10.6 Å². The molecule has 0 spiro atoms. The van der Waals surface area contributed by atoms with Crippen LogP contribution in [0.5, 0.6) is 0 Å². The van der Waals surface area contributed by atoms with Gasteiger partial charge in [-0.2, -0.15) is 0 Å². The van der Waals surface area contributed by atoms with Gasteiger partial charge in [-0.1, -0.05) is 11.6 Å². The lowest BCUT2D eigenvalue weighted by Crippen LogP contribution is -2.40. The van der Waals surface area contributed by atoms with Gasteiger partial charge < -0.3 is 20.0 Å². The van der Waals surface area contributed by atoms with Crippen molar-refractivity contribution in [3.63, 3.8) is 0 Å². The molecule has 0 radical (unpaired) electrons. The lowest BCUT2D eigenvalue weighted by atomic mass is 9.84. The highest BCUT2D eigenvalue weighted by atomic mass is 35.5. The van der Waals surface area contributed by atoms with Crippen LogP contribution in [0.25, 0.3) is 11.0 Å². The molecule has 0 unspecified atom stereocenters. The first kappa shape index (κ1) is 23.3. The van der Waals surface area contributed by atoms with E-state index in [0.29, 0.717) is 52.5 Å². The van der Waals surface area contributed by atoms with Crippen molar-refractivity contribution >= 4 is 51.8 Å². The molecular formula is C25H26ClN5O4. The van der Waals surface area contributed by atoms with Gasteiger partial charge in [-0.25, -0.2) is 4.98 Å². The van der Waals surface area contributed by atoms with E-state index in [1.165, 1.54) is 6.20 Å². The largest absolute Gasteiger partial charge is 0.448 e. The van der Waals surface area contributed by atoms with E-state index >= 15 is 0 Å². The molecule has 1 aliphatic carbocycles. The standard InChI is InChI=1S/C25H26ClN5O4/c1-14-21-18(10-11-27-14)35-23(25(34)29-19-9-6-16(26)13-28-19)22(21)30-24(33)15-4-7-17(8-5-15)31-12-2-3-20(31)32/h6,9-11,13,15,17H,2-5,7-8,12H2,1H3,(H,30,33)(H,28,29,34). The number of furan rings is 1. The van der Waals surface area contributed by atoms with Crippen molar-refractivity contribution in [2.45, 2.75) is 51.5 Å². The number of aryl methyl sites for hydroxylation is 1. The highest BCUT2D eigenvalue weighted by molar-refractivity contribution is 6.30. The lowest BCUT2D eigenvalue weighted by molar-refractivity contribution is -0.130. The molecule has 3 aromatic heterocycles. The van der Waals surface area contributed by atoms with Crippen molar-refractivity contribution < 1.29 is 18.8 Å². The second-order valence-electron chi connectivity index (χ2n) is 9.08. The third kappa shape index (κ3) is 4.73. The summed E-state index contributed by atoms with van der Waals surface area (Å²) in [6.45, 7) is 2.61. The molecule has 1 aliphatic heterocycles. The summed E-state index contributed by atoms with van der Waals surface area (Å²) >= 11 is 5.88. The normalized spacial score (nSPS) is 20.3. The van der Waals surface area contributed by atoms with E-state index < -0.39 is 5.91 Å². The molecule has 10 heteroatoms. The van der Waals surface area contributed by atoms with Gasteiger partial charge in [0.15, 0.2) is 0 Å². The van der Waals surface area contributed by atoms with Crippen molar-refractivity contribution in [2.24, 2.45) is 5.92 Å². The zero-order valence-electron chi connectivity index (χ0n) is 19.3. The molecule has 1 saturated carbocycles. The molecule has 4 heterocycles. The Morgan fingerprint density at radius 3 is 2.60 bits per heavy atom. The predicted octanol–water partition coefficient (Wildman–Crippen LogP) is 4.56. The third-order valence-corrected chi connectivity index (χ3v) is 7.06. The van der Waals surface area contributed by atoms with Gasteiger partial charge in [0, 0.05) is 37.3 Å². The first-order chi connectivity index (χ1) is 16.9. The fraction of sp³-hybridized carbons (Fsp3) is 0.400. The van der Waals surface area contributed by atoms with Crippen molar-refractivity contribution in [1.29, 1.82) is 0 Å². The first-order valence-corrected chi connectivity index (χ1v) is 12.2. The van der Waals surface area contributed by atoms with E-state index in [1.54, 1.807) is 31.3 Å². The number of pyridine rings is 2. The minimum atomic E-state index is -0.540. The number of carbonyl (C=O) groups excluding carboxylic acids is 3. The molecule has 0 aromatic carbocycles. The van der Waals surface area contributed by atoms with Gasteiger partial charge in [0.1, 0.15) is 17.1 Å². The molecule has 2 aliphatic rings. The number of anilines is 2. The zero-order chi connectivity index (χ0) is 24.5. The number of hydrogen-bond donors (Lipinski definition) is 2. The van der Waals surface area contributed by atoms with Crippen molar-refractivity contribution in [2.75, 3.05) is 17.2 Å². The van der Waals surface area contributed by atoms with Gasteiger partial charge >= 0.3 is 0 Å². The number of carbonyl (C=O) groups is 3. The van der Waals surface area contributed by atoms with Crippen LogP contribution in [0, 0.1) is 12.8 Å². The molecule has 1 saturated heterocycles. The monoisotopic (exact) mass is 495 g/mol. The Hall–Kier alpha value is -3.46. The van der Waals surface area contributed by atoms with Crippen LogP contribution in [0.4, 0.5) is 11.5 Å². The van der Waals surface area contributed by atoms with Crippen molar-refractivity contribution in [1.82, 2.24) is 14.9 Å². The van der Waals surface area contributed by atoms with Crippen LogP contribution in [-0.2, 0) is 9.59 Å². The Bertz CT molecular complexity index is 1280. The molecule has 3 aromatic rings. The van der Waals surface area contributed by atoms with Crippen molar-refractivity contribution in [3.8, 4) is 0 Å². The quantitative estimate of drug-likeness (QED) is 0.536. The predicted molar refractivity (Wildman–Crippen MR) is 131 cm³/mol. The summed E-state index contributed by atoms with van der Waals surface area (Å²) in [5.74, 6) is -0.404. The highest BCUT2D eigenvalue weighted by Gasteiger charge is 2.34. The zero-order valence-corrected chi connectivity index (χ0v) is 20.1. The van der Waals surface area contributed by atoms with Gasteiger partial charge in [-0.05, 0) is 57.2 Å². The van der Waals surface area contributed by atoms with Crippen LogP contribution >= 0.6 is 11.6 Å². The summed E-state index contributed by atoms with van der Waals surface area (Å²) in [6, 6.07) is 5.07. The Morgan fingerprint density at radius 1 is 1.11 bits per heavy atom. The number of rotatable bonds is 5. The maximum Gasteiger partial charge on any atom is 0.294 e. The molecule has 0 bridgehead atoms. The molecule has 3 amide bonds. The van der Waals surface area contributed by atoms with Crippen LogP contribution in [0.3, 0.4) is 0 Å². The Kier molecular flexibility index (Phi) is 6.42. The molecule has 5 rings (SSSR count). The van der Waals surface area contributed by atoms with Crippen LogP contribution in [0.1, 0.15) is 54.8 Å². The number of amides is 3. The first-order valence-electron chi connectivity index (χ1n) is 11.8. The van der Waals surface area contributed by atoms with Crippen LogP contribution in [0.2, 0.25) is 5.02 Å². The van der Waals surface area contributed by atoms with E-state index in [0.717, 1.165) is 25.8 Å². The van der Waals surface area contributed by atoms with Crippen LogP contribution in [0.15, 0.2) is 35.0 Å². The van der Waals surface area contributed by atoms with Gasteiger partial charge in [-0.15, -0.1) is 0 Å². The average molecular weight is 496 g/mol. The Labute approximate surface area is 207 Å². The molecule has 0 atom stereocenters. The van der Waals surface area contributed by atoms with E-state index in [2.05, 4.69) is 20.6 Å². The van der Waals surface area contributed by atoms with Gasteiger partial charge in [-0.3, -0.25) is 19.4 Å². The summed E-state index contributed by atoms with van der Waals surface area (Å²) < 4.78 is 5.86. The summed E-state index contributed by atoms with van der Waals surface area (Å²) in [5, 5.41) is 6.68. The Balaban J connectivity index is 1.35. The second-order valence-corrected chi connectivity index (χ2v) is 9.51. The maximum atomic E-state index is 13.3.